The summed E-state index contributed by atoms with van der Waals surface area (Å²) >= 11 is 8.90. The Morgan fingerprint density at radius 3 is 2.52 bits per heavy atom. The zero-order chi connectivity index (χ0) is 21.6. The van der Waals surface area contributed by atoms with Crippen LogP contribution in [0.3, 0.4) is 0 Å². The Labute approximate surface area is 197 Å². The molecular weight excluding hydrogens is 464 g/mol. The van der Waals surface area contributed by atoms with Gasteiger partial charge in [-0.15, -0.1) is 11.3 Å². The van der Waals surface area contributed by atoms with E-state index in [1.807, 2.05) is 66.0 Å². The Morgan fingerprint density at radius 2 is 1.84 bits per heavy atom. The third-order valence-electron chi connectivity index (χ3n) is 4.52. The van der Waals surface area contributed by atoms with Crippen molar-refractivity contribution < 1.29 is 4.21 Å². The van der Waals surface area contributed by atoms with Crippen molar-refractivity contribution in [3.63, 3.8) is 0 Å². The van der Waals surface area contributed by atoms with E-state index in [0.29, 0.717) is 26.4 Å². The molecule has 2 aromatic carbocycles. The SMILES string of the molecule is N#Cc1c(-c2ccccc2)cc(-c2cccs2)nc1SC[S@@](=O)Cc1ccc(Cl)cc1. The lowest BCUT2D eigenvalue weighted by atomic mass is 10.0. The lowest BCUT2D eigenvalue weighted by molar-refractivity contribution is 0.685. The maximum atomic E-state index is 12.7. The van der Waals surface area contributed by atoms with Gasteiger partial charge in [-0.1, -0.05) is 71.9 Å². The molecule has 4 rings (SSSR count). The van der Waals surface area contributed by atoms with E-state index < -0.39 is 10.8 Å². The fourth-order valence-electron chi connectivity index (χ4n) is 3.06. The van der Waals surface area contributed by atoms with Gasteiger partial charge in [-0.25, -0.2) is 4.98 Å². The van der Waals surface area contributed by atoms with Crippen LogP contribution in [0.5, 0.6) is 0 Å². The molecule has 0 aliphatic rings. The predicted molar refractivity (Wildman–Crippen MR) is 132 cm³/mol. The number of benzene rings is 2. The molecule has 0 bridgehead atoms. The summed E-state index contributed by atoms with van der Waals surface area (Å²) < 4.78 is 12.7. The van der Waals surface area contributed by atoms with Crippen LogP contribution in [0.15, 0.2) is 83.2 Å². The number of halogens is 1. The molecule has 3 nitrogen and oxygen atoms in total. The van der Waals surface area contributed by atoms with Gasteiger partial charge >= 0.3 is 0 Å². The molecule has 4 aromatic rings. The van der Waals surface area contributed by atoms with E-state index in [1.165, 1.54) is 11.8 Å². The standard InChI is InChI=1S/C24H17ClN2OS3/c25-19-10-8-17(9-11-19)15-31(28)16-30-24-21(14-26)20(18-5-2-1-3-6-18)13-22(27-24)23-7-4-12-29-23/h1-13H,15-16H2/t31-/m0/s1. The summed E-state index contributed by atoms with van der Waals surface area (Å²) in [4.78, 5) is 5.79. The van der Waals surface area contributed by atoms with E-state index in [0.717, 1.165) is 27.3 Å². The highest BCUT2D eigenvalue weighted by atomic mass is 35.5. The van der Waals surface area contributed by atoms with Crippen molar-refractivity contribution in [2.75, 3.05) is 5.08 Å². The zero-order valence-electron chi connectivity index (χ0n) is 16.3. The van der Waals surface area contributed by atoms with Crippen molar-refractivity contribution in [3.05, 3.63) is 94.3 Å². The molecule has 0 spiro atoms. The molecule has 0 fully saturated rings. The Balaban J connectivity index is 1.64. The van der Waals surface area contributed by atoms with Crippen LogP contribution in [0, 0.1) is 11.3 Å². The number of pyridine rings is 1. The third-order valence-corrected chi connectivity index (χ3v) is 8.42. The normalized spacial score (nSPS) is 11.7. The number of thioether (sulfide) groups is 1. The van der Waals surface area contributed by atoms with Crippen LogP contribution < -0.4 is 0 Å². The highest BCUT2D eigenvalue weighted by Crippen LogP contribution is 2.35. The van der Waals surface area contributed by atoms with Gasteiger partial charge in [-0.3, -0.25) is 4.21 Å². The summed E-state index contributed by atoms with van der Waals surface area (Å²) in [6, 6.07) is 25.5. The predicted octanol–water partition coefficient (Wildman–Crippen LogP) is 7.00. The van der Waals surface area contributed by atoms with Crippen molar-refractivity contribution in [2.45, 2.75) is 10.8 Å². The third kappa shape index (κ3) is 5.44. The van der Waals surface area contributed by atoms with Crippen LogP contribution in [0.2, 0.25) is 5.02 Å². The smallest absolute Gasteiger partial charge is 0.116 e. The van der Waals surface area contributed by atoms with E-state index in [2.05, 4.69) is 6.07 Å². The molecule has 2 heterocycles. The van der Waals surface area contributed by atoms with Crippen LogP contribution in [0.4, 0.5) is 0 Å². The molecule has 0 unspecified atom stereocenters. The zero-order valence-corrected chi connectivity index (χ0v) is 19.5. The average Bonchev–Trinajstić information content (AvgIpc) is 3.34. The summed E-state index contributed by atoms with van der Waals surface area (Å²) in [5, 5.41) is 13.5. The summed E-state index contributed by atoms with van der Waals surface area (Å²) in [5.41, 5.74) is 4.10. The number of hydrogen-bond donors (Lipinski definition) is 0. The van der Waals surface area contributed by atoms with E-state index in [-0.39, 0.29) is 0 Å². The number of rotatable bonds is 7. The molecule has 0 amide bonds. The Morgan fingerprint density at radius 1 is 1.06 bits per heavy atom. The number of nitriles is 1. The Hall–Kier alpha value is -2.43. The first-order chi connectivity index (χ1) is 15.1. The maximum Gasteiger partial charge on any atom is 0.116 e. The monoisotopic (exact) mass is 480 g/mol. The molecule has 1 atom stereocenters. The van der Waals surface area contributed by atoms with E-state index in [4.69, 9.17) is 16.6 Å². The van der Waals surface area contributed by atoms with Crippen molar-refractivity contribution in [3.8, 4) is 27.8 Å². The lowest BCUT2D eigenvalue weighted by Gasteiger charge is -2.12. The first kappa shape index (κ1) is 21.8. The number of thiophene rings is 1. The van der Waals surface area contributed by atoms with E-state index >= 15 is 0 Å². The quantitative estimate of drug-likeness (QED) is 0.267. The highest BCUT2D eigenvalue weighted by molar-refractivity contribution is 8.10. The molecule has 0 aliphatic heterocycles. The second kappa shape index (κ2) is 10.3. The minimum Gasteiger partial charge on any atom is -0.258 e. The number of nitrogens with zero attached hydrogens (tertiary/aromatic N) is 2. The minimum absolute atomic E-state index is 0.354. The first-order valence-corrected chi connectivity index (χ1v) is 13.1. The van der Waals surface area contributed by atoms with E-state index in [9.17, 15) is 9.47 Å². The van der Waals surface area contributed by atoms with E-state index in [1.54, 1.807) is 23.5 Å². The molecule has 0 radical (unpaired) electrons. The highest BCUT2D eigenvalue weighted by Gasteiger charge is 2.17. The Bertz CT molecular complexity index is 1230. The molecule has 7 heteroatoms. The van der Waals surface area contributed by atoms with Crippen molar-refractivity contribution in [1.29, 1.82) is 5.26 Å². The largest absolute Gasteiger partial charge is 0.258 e. The molecule has 31 heavy (non-hydrogen) atoms. The first-order valence-electron chi connectivity index (χ1n) is 9.40. The molecule has 0 aliphatic carbocycles. The van der Waals surface area contributed by atoms with Crippen LogP contribution in [0.1, 0.15) is 11.1 Å². The van der Waals surface area contributed by atoms with Gasteiger partial charge in [0.25, 0.3) is 0 Å². The summed E-state index contributed by atoms with van der Waals surface area (Å²) in [5.74, 6) is 0.433. The lowest BCUT2D eigenvalue weighted by Crippen LogP contribution is -2.01. The van der Waals surface area contributed by atoms with Gasteiger partial charge in [0, 0.05) is 27.1 Å². The second-order valence-electron chi connectivity index (χ2n) is 6.66. The maximum absolute atomic E-state index is 12.7. The van der Waals surface area contributed by atoms with Gasteiger partial charge in [-0.05, 0) is 40.8 Å². The molecule has 0 saturated carbocycles. The van der Waals surface area contributed by atoms with Crippen molar-refractivity contribution >= 4 is 45.5 Å². The number of hydrogen-bond acceptors (Lipinski definition) is 5. The summed E-state index contributed by atoms with van der Waals surface area (Å²) in [6.07, 6.45) is 0. The fourth-order valence-corrected chi connectivity index (χ4v) is 6.20. The Kier molecular flexibility index (Phi) is 7.21. The van der Waals surface area contributed by atoms with Gasteiger partial charge in [0.2, 0.25) is 0 Å². The van der Waals surface area contributed by atoms with Crippen molar-refractivity contribution in [2.24, 2.45) is 0 Å². The van der Waals surface area contributed by atoms with Gasteiger partial charge < -0.3 is 0 Å². The molecule has 154 valence electrons. The van der Waals surface area contributed by atoms with Crippen LogP contribution in [-0.2, 0) is 16.6 Å². The van der Waals surface area contributed by atoms with Gasteiger partial charge in [0.05, 0.1) is 21.2 Å². The average molecular weight is 481 g/mol. The summed E-state index contributed by atoms with van der Waals surface area (Å²) in [6.45, 7) is 0. The van der Waals surface area contributed by atoms with Crippen LogP contribution >= 0.6 is 34.7 Å². The summed E-state index contributed by atoms with van der Waals surface area (Å²) in [7, 11) is -1.11. The van der Waals surface area contributed by atoms with Crippen LogP contribution in [-0.4, -0.2) is 14.3 Å². The number of aromatic nitrogens is 1. The minimum atomic E-state index is -1.11. The van der Waals surface area contributed by atoms with Gasteiger partial charge in [-0.2, -0.15) is 5.26 Å². The van der Waals surface area contributed by atoms with Gasteiger partial charge in [0.1, 0.15) is 11.1 Å². The molecule has 2 aromatic heterocycles. The fraction of sp³-hybridized carbons (Fsp3) is 0.0833. The molecule has 0 saturated heterocycles. The molecule has 0 N–H and O–H groups in total. The topological polar surface area (TPSA) is 53.8 Å². The van der Waals surface area contributed by atoms with Crippen molar-refractivity contribution in [1.82, 2.24) is 4.98 Å². The van der Waals surface area contributed by atoms with Gasteiger partial charge in [0.15, 0.2) is 0 Å². The molecular formula is C24H17ClN2OS3. The second-order valence-corrected chi connectivity index (χ2v) is 10.8. The van der Waals surface area contributed by atoms with Crippen LogP contribution in [0.25, 0.3) is 21.7 Å².